The Balaban J connectivity index is 1.37. The molecule has 356 valence electrons. The van der Waals surface area contributed by atoms with Crippen LogP contribution in [0.15, 0.2) is 103 Å². The lowest BCUT2D eigenvalue weighted by atomic mass is 9.36. The number of hydrogen-bond acceptors (Lipinski definition) is 4. The monoisotopic (exact) mass is 930 g/mol. The van der Waals surface area contributed by atoms with Gasteiger partial charge in [-0.25, -0.2) is 4.98 Å². The smallest absolute Gasteiger partial charge is 0.266 e. The molecule has 0 amide bonds. The molecule has 5 heteroatoms. The Bertz CT molecular complexity index is 3200. The molecule has 3 nitrogen and oxygen atoms in total. The number of pyridine rings is 1. The van der Waals surface area contributed by atoms with Crippen LogP contribution in [0.25, 0.3) is 21.2 Å². The van der Waals surface area contributed by atoms with E-state index in [0.717, 1.165) is 23.6 Å². The number of hydrogen-bond donors (Lipinski definition) is 0. The van der Waals surface area contributed by atoms with E-state index in [1.54, 1.807) is 0 Å². The second kappa shape index (κ2) is 15.2. The lowest BCUT2D eigenvalue weighted by Gasteiger charge is -2.44. The summed E-state index contributed by atoms with van der Waals surface area (Å²) in [6, 6.07) is 41.3. The molecule has 4 heterocycles. The Morgan fingerprint density at radius 2 is 1.03 bits per heavy atom. The lowest BCUT2D eigenvalue weighted by Crippen LogP contribution is -2.61. The Hall–Kier alpha value is -5.13. The minimum Gasteiger partial charge on any atom is -0.311 e. The van der Waals surface area contributed by atoms with Crippen LogP contribution in [0, 0.1) is 0 Å². The predicted octanol–water partition coefficient (Wildman–Crippen LogP) is 16.5. The molecule has 7 aromatic rings. The summed E-state index contributed by atoms with van der Waals surface area (Å²) in [5.74, 6) is 1.04. The maximum absolute atomic E-state index is 5.95. The minimum absolute atomic E-state index is 0.00158. The molecule has 1 aliphatic carbocycles. The van der Waals surface area contributed by atoms with Crippen molar-refractivity contribution in [3.8, 4) is 11.1 Å². The molecule has 0 spiro atoms. The van der Waals surface area contributed by atoms with Crippen molar-refractivity contribution in [2.45, 2.75) is 176 Å². The second-order valence-corrected chi connectivity index (χ2v) is 28.5. The first-order valence-electron chi connectivity index (χ1n) is 25.6. The highest BCUT2D eigenvalue weighted by molar-refractivity contribution is 7.33. The van der Waals surface area contributed by atoms with Gasteiger partial charge in [0.15, 0.2) is 0 Å². The fraction of sp³-hybridized carbons (Fsp3) is 0.422. The summed E-state index contributed by atoms with van der Waals surface area (Å²) in [5.41, 5.74) is 20.4. The van der Waals surface area contributed by atoms with E-state index in [0.29, 0.717) is 0 Å². The third-order valence-electron chi connectivity index (χ3n) is 15.8. The van der Waals surface area contributed by atoms with E-state index in [2.05, 4.69) is 244 Å². The quantitative estimate of drug-likeness (QED) is 0.165. The van der Waals surface area contributed by atoms with Crippen molar-refractivity contribution in [2.75, 3.05) is 9.80 Å². The van der Waals surface area contributed by atoms with Crippen LogP contribution in [0.2, 0.25) is 0 Å². The highest BCUT2D eigenvalue weighted by atomic mass is 32.1. The van der Waals surface area contributed by atoms with Gasteiger partial charge in [-0.05, 0) is 137 Å². The van der Waals surface area contributed by atoms with E-state index in [9.17, 15) is 0 Å². The number of benzene rings is 5. The number of rotatable bonds is 3. The van der Waals surface area contributed by atoms with Crippen molar-refractivity contribution in [3.63, 3.8) is 0 Å². The summed E-state index contributed by atoms with van der Waals surface area (Å²) in [6.07, 6.45) is 1.10. The van der Waals surface area contributed by atoms with Crippen LogP contribution >= 0.6 is 11.3 Å². The van der Waals surface area contributed by atoms with Crippen LogP contribution in [-0.2, 0) is 37.9 Å². The molecule has 0 unspecified atom stereocenters. The van der Waals surface area contributed by atoms with Crippen LogP contribution in [0.3, 0.4) is 0 Å². The van der Waals surface area contributed by atoms with Gasteiger partial charge < -0.3 is 4.90 Å². The van der Waals surface area contributed by atoms with E-state index >= 15 is 0 Å². The molecule has 0 atom stereocenters. The van der Waals surface area contributed by atoms with E-state index in [1.165, 1.54) is 93.0 Å². The third kappa shape index (κ3) is 7.80. The van der Waals surface area contributed by atoms with Gasteiger partial charge in [-0.1, -0.05) is 186 Å². The third-order valence-corrected chi connectivity index (χ3v) is 17.0. The van der Waals surface area contributed by atoms with Crippen LogP contribution in [0.4, 0.5) is 34.3 Å². The van der Waals surface area contributed by atoms with Gasteiger partial charge in [-0.3, -0.25) is 4.90 Å². The van der Waals surface area contributed by atoms with E-state index < -0.39 is 0 Å². The van der Waals surface area contributed by atoms with Gasteiger partial charge in [-0.15, -0.1) is 11.3 Å². The molecule has 0 N–H and O–H groups in total. The molecule has 69 heavy (non-hydrogen) atoms. The minimum atomic E-state index is -0.239. The first-order valence-corrected chi connectivity index (χ1v) is 26.4. The van der Waals surface area contributed by atoms with Crippen molar-refractivity contribution in [3.05, 3.63) is 142 Å². The first-order chi connectivity index (χ1) is 31.8. The van der Waals surface area contributed by atoms with Gasteiger partial charge in [0.05, 0.1) is 17.1 Å². The summed E-state index contributed by atoms with van der Waals surface area (Å²) < 4.78 is 2.70. The second-order valence-electron chi connectivity index (χ2n) is 27.4. The van der Waals surface area contributed by atoms with Crippen molar-refractivity contribution >= 4 is 78.1 Å². The zero-order valence-corrected chi connectivity index (χ0v) is 46.2. The zero-order chi connectivity index (χ0) is 49.9. The molecular weight excluding hydrogens is 854 g/mol. The van der Waals surface area contributed by atoms with Crippen molar-refractivity contribution < 1.29 is 0 Å². The fourth-order valence-corrected chi connectivity index (χ4v) is 13.2. The number of thiophene rings is 1. The van der Waals surface area contributed by atoms with Gasteiger partial charge in [0.1, 0.15) is 5.82 Å². The van der Waals surface area contributed by atoms with Gasteiger partial charge in [0, 0.05) is 42.9 Å². The van der Waals surface area contributed by atoms with Crippen molar-refractivity contribution in [1.82, 2.24) is 4.98 Å². The molecule has 0 radical (unpaired) electrons. The first kappa shape index (κ1) is 47.5. The van der Waals surface area contributed by atoms with E-state index in [4.69, 9.17) is 4.98 Å². The van der Waals surface area contributed by atoms with E-state index in [-0.39, 0.29) is 44.6 Å². The Morgan fingerprint density at radius 3 is 1.59 bits per heavy atom. The molecular formula is C64H76BN3S. The average Bonchev–Trinajstić information content (AvgIpc) is 3.70. The summed E-state index contributed by atoms with van der Waals surface area (Å²) in [6.45, 7) is 44.7. The molecule has 0 saturated carbocycles. The van der Waals surface area contributed by atoms with Gasteiger partial charge >= 0.3 is 0 Å². The zero-order valence-electron chi connectivity index (χ0n) is 45.3. The van der Waals surface area contributed by atoms with Crippen molar-refractivity contribution in [2.24, 2.45) is 0 Å². The largest absolute Gasteiger partial charge is 0.311 e. The Kier molecular flexibility index (Phi) is 10.5. The SMILES string of the molecule is CC(C)(C)c1ccc(-c2cc3c(cc2N2c4ccc(C(C)(C)C)cc4B4c5sc6ccc(C(C)(C)C)cc6c5N(c5ccc(C(C)(C)C)cc5)c5nc(C(C)(C)C)cc2c54)C(C)(C)CC3(C)C)cc1. The summed E-state index contributed by atoms with van der Waals surface area (Å²) in [7, 11) is 0. The van der Waals surface area contributed by atoms with Crippen LogP contribution in [0.1, 0.15) is 177 Å². The molecule has 2 aromatic heterocycles. The Labute approximate surface area is 419 Å². The number of anilines is 6. The summed E-state index contributed by atoms with van der Waals surface area (Å²) in [4.78, 5) is 11.2. The van der Waals surface area contributed by atoms with Gasteiger partial charge in [0.2, 0.25) is 0 Å². The topological polar surface area (TPSA) is 19.4 Å². The van der Waals surface area contributed by atoms with Crippen LogP contribution in [-0.4, -0.2) is 11.7 Å². The van der Waals surface area contributed by atoms with Crippen molar-refractivity contribution in [1.29, 1.82) is 0 Å². The highest BCUT2D eigenvalue weighted by Crippen LogP contribution is 2.56. The molecule has 0 fully saturated rings. The molecule has 5 aromatic carbocycles. The molecule has 10 rings (SSSR count). The molecule has 0 bridgehead atoms. The molecule has 2 aliphatic heterocycles. The van der Waals surface area contributed by atoms with E-state index in [1.807, 2.05) is 11.3 Å². The molecule has 0 saturated heterocycles. The average molecular weight is 930 g/mol. The summed E-state index contributed by atoms with van der Waals surface area (Å²) >= 11 is 1.98. The number of fused-ring (bicyclic) bond motifs is 7. The number of aromatic nitrogens is 1. The fourth-order valence-electron chi connectivity index (χ4n) is 11.9. The molecule has 3 aliphatic rings. The lowest BCUT2D eigenvalue weighted by molar-refractivity contribution is 0.403. The van der Waals surface area contributed by atoms with Gasteiger partial charge in [0.25, 0.3) is 6.71 Å². The maximum atomic E-state index is 5.95. The standard InChI is InChI=1S/C64H76BN3S/c1-58(2,3)39-22-20-38(21-23-39)44-34-46-47(64(18,19)37-63(46,16)17)35-50(44)68-49-30-26-42(61(10,11)12)33-48(49)65-54-51(68)36-53(62(13,14)15)66-57(54)67(43-28-24-40(25-29-43)59(4,5)6)55-45-32-41(60(7,8)9)27-31-52(45)69-56(55)65/h20-36H,37H2,1-19H3. The summed E-state index contributed by atoms with van der Waals surface area (Å²) in [5, 5.41) is 1.30. The maximum Gasteiger partial charge on any atom is 0.266 e. The number of nitrogens with zero attached hydrogens (tertiary/aromatic N) is 3. The normalized spacial score (nSPS) is 16.4. The van der Waals surface area contributed by atoms with Crippen LogP contribution in [0.5, 0.6) is 0 Å². The van der Waals surface area contributed by atoms with Crippen LogP contribution < -0.4 is 25.5 Å². The predicted molar refractivity (Wildman–Crippen MR) is 303 cm³/mol. The van der Waals surface area contributed by atoms with Gasteiger partial charge in [-0.2, -0.15) is 0 Å². The Morgan fingerprint density at radius 1 is 0.507 bits per heavy atom. The highest BCUT2D eigenvalue weighted by Gasteiger charge is 2.49.